The normalized spacial score (nSPS) is 12.8. The van der Waals surface area contributed by atoms with Crippen LogP contribution in [0.3, 0.4) is 0 Å². The molecule has 0 spiro atoms. The van der Waals surface area contributed by atoms with Gasteiger partial charge in [-0.15, -0.1) is 0 Å². The lowest BCUT2D eigenvalue weighted by Crippen LogP contribution is -2.44. The second-order valence-electron chi connectivity index (χ2n) is 11.5. The van der Waals surface area contributed by atoms with Crippen molar-refractivity contribution in [3.63, 3.8) is 0 Å². The summed E-state index contributed by atoms with van der Waals surface area (Å²) in [6.45, 7) is 23.7. The Balaban J connectivity index is 2.50. The molecule has 0 fully saturated rings. The van der Waals surface area contributed by atoms with Gasteiger partial charge in [-0.3, -0.25) is 0 Å². The molecule has 2 aromatic carbocycles. The van der Waals surface area contributed by atoms with Crippen LogP contribution in [0.25, 0.3) is 0 Å². The van der Waals surface area contributed by atoms with E-state index in [-0.39, 0.29) is 10.5 Å². The molecule has 0 aliphatic heterocycles. The van der Waals surface area contributed by atoms with Gasteiger partial charge in [-0.2, -0.15) is 0 Å². The van der Waals surface area contributed by atoms with Crippen molar-refractivity contribution in [3.8, 4) is 17.6 Å². The minimum Gasteiger partial charge on any atom is -0.543 e. The molecule has 180 valence electrons. The first-order valence-electron chi connectivity index (χ1n) is 12.2. The lowest BCUT2D eigenvalue weighted by molar-refractivity contribution is 0.143. The molecule has 2 rings (SSSR count). The zero-order valence-electron chi connectivity index (χ0n) is 22.7. The van der Waals surface area contributed by atoms with Crippen LogP contribution in [-0.4, -0.2) is 19.0 Å². The Kier molecular flexibility index (Phi) is 7.99. The number of aryl methyl sites for hydroxylation is 2. The van der Waals surface area contributed by atoms with Crippen LogP contribution in [0.15, 0.2) is 36.4 Å². The van der Waals surface area contributed by atoms with E-state index in [0.717, 1.165) is 29.7 Å². The molecule has 1 N–H and O–H groups in total. The van der Waals surface area contributed by atoms with Gasteiger partial charge in [-0.05, 0) is 93.1 Å². The molecule has 0 radical (unpaired) electrons. The average Bonchev–Trinajstić information content (AvgIpc) is 2.69. The summed E-state index contributed by atoms with van der Waals surface area (Å²) in [7, 11) is -1.89. The van der Waals surface area contributed by atoms with Crippen LogP contribution in [-0.2, 0) is 5.41 Å². The van der Waals surface area contributed by atoms with Gasteiger partial charge < -0.3 is 9.53 Å². The summed E-state index contributed by atoms with van der Waals surface area (Å²) >= 11 is 0. The fraction of sp³-hybridized carbons (Fsp3) is 0.533. The van der Waals surface area contributed by atoms with Gasteiger partial charge >= 0.3 is 0 Å². The lowest BCUT2D eigenvalue weighted by atomic mass is 9.70. The Labute approximate surface area is 203 Å². The largest absolute Gasteiger partial charge is 0.543 e. The topological polar surface area (TPSA) is 29.5 Å². The highest BCUT2D eigenvalue weighted by atomic mass is 28.4. The highest BCUT2D eigenvalue weighted by molar-refractivity contribution is 6.74. The summed E-state index contributed by atoms with van der Waals surface area (Å²) in [4.78, 5) is 0. The number of benzene rings is 2. The Morgan fingerprint density at radius 1 is 0.848 bits per heavy atom. The average molecular weight is 465 g/mol. The van der Waals surface area contributed by atoms with Crippen LogP contribution in [0.4, 0.5) is 0 Å². The predicted octanol–water partition coefficient (Wildman–Crippen LogP) is 7.92. The van der Waals surface area contributed by atoms with Crippen LogP contribution < -0.4 is 4.43 Å². The Bertz CT molecular complexity index is 1040. The molecule has 0 heterocycles. The molecule has 0 aliphatic rings. The van der Waals surface area contributed by atoms with E-state index in [9.17, 15) is 5.11 Å². The van der Waals surface area contributed by atoms with Crippen LogP contribution in [0, 0.1) is 25.7 Å². The third-order valence-corrected chi connectivity index (χ3v) is 11.7. The molecule has 0 saturated carbocycles. The minimum absolute atomic E-state index is 0.0623. The molecule has 3 heteroatoms. The maximum atomic E-state index is 9.96. The van der Waals surface area contributed by atoms with E-state index >= 15 is 0 Å². The summed E-state index contributed by atoms with van der Waals surface area (Å²) < 4.78 is 6.63. The second kappa shape index (κ2) is 9.69. The SMILES string of the molecule is CCC(CC)(c1ccc(C#CC(C)(C)O)c(C)c1)c1ccc(O[Si](C)(C)C(C)(C)C)c(C)c1. The number of rotatable bonds is 6. The fourth-order valence-corrected chi connectivity index (χ4v) is 5.13. The minimum atomic E-state index is -1.89. The summed E-state index contributed by atoms with van der Waals surface area (Å²) in [5.74, 6) is 7.09. The van der Waals surface area contributed by atoms with E-state index in [1.807, 2.05) is 0 Å². The maximum Gasteiger partial charge on any atom is 0.250 e. The van der Waals surface area contributed by atoms with Crippen LogP contribution >= 0.6 is 0 Å². The van der Waals surface area contributed by atoms with E-state index in [2.05, 4.69) is 110 Å². The molecule has 33 heavy (non-hydrogen) atoms. The number of aliphatic hydroxyl groups is 1. The quantitative estimate of drug-likeness (QED) is 0.347. The first-order chi connectivity index (χ1) is 15.1. The van der Waals surface area contributed by atoms with Crippen molar-refractivity contribution in [3.05, 3.63) is 64.2 Å². The summed E-state index contributed by atoms with van der Waals surface area (Å²) in [6, 6.07) is 13.4. The predicted molar refractivity (Wildman–Crippen MR) is 145 cm³/mol. The van der Waals surface area contributed by atoms with Crippen molar-refractivity contribution in [1.82, 2.24) is 0 Å². The van der Waals surface area contributed by atoms with Crippen LogP contribution in [0.2, 0.25) is 18.1 Å². The highest BCUT2D eigenvalue weighted by Crippen LogP contribution is 2.42. The van der Waals surface area contributed by atoms with Crippen molar-refractivity contribution in [1.29, 1.82) is 0 Å². The fourth-order valence-electron chi connectivity index (χ4n) is 4.04. The molecule has 2 aromatic rings. The molecular weight excluding hydrogens is 420 g/mol. The zero-order valence-corrected chi connectivity index (χ0v) is 23.7. The van der Waals surface area contributed by atoms with Gasteiger partial charge in [-0.1, -0.05) is 70.7 Å². The monoisotopic (exact) mass is 464 g/mol. The van der Waals surface area contributed by atoms with Crippen molar-refractivity contribution >= 4 is 8.32 Å². The molecule has 0 amide bonds. The molecule has 0 aliphatic carbocycles. The number of hydrogen-bond acceptors (Lipinski definition) is 2. The maximum absolute atomic E-state index is 9.96. The van der Waals surface area contributed by atoms with E-state index in [1.165, 1.54) is 16.7 Å². The lowest BCUT2D eigenvalue weighted by Gasteiger charge is -2.38. The van der Waals surface area contributed by atoms with Crippen molar-refractivity contribution in [2.45, 2.75) is 104 Å². The summed E-state index contributed by atoms with van der Waals surface area (Å²) in [6.07, 6.45) is 2.03. The number of hydrogen-bond donors (Lipinski definition) is 1. The second-order valence-corrected chi connectivity index (χ2v) is 16.2. The summed E-state index contributed by atoms with van der Waals surface area (Å²) in [5, 5.41) is 10.1. The van der Waals surface area contributed by atoms with E-state index in [0.29, 0.717) is 0 Å². The van der Waals surface area contributed by atoms with Gasteiger partial charge in [0.15, 0.2) is 0 Å². The van der Waals surface area contributed by atoms with Crippen molar-refractivity contribution < 1.29 is 9.53 Å². The molecule has 0 saturated heterocycles. The van der Waals surface area contributed by atoms with Gasteiger partial charge in [-0.25, -0.2) is 0 Å². The van der Waals surface area contributed by atoms with Crippen molar-refractivity contribution in [2.24, 2.45) is 0 Å². The van der Waals surface area contributed by atoms with Crippen LogP contribution in [0.1, 0.15) is 89.1 Å². The summed E-state index contributed by atoms with van der Waals surface area (Å²) in [5.41, 5.74) is 4.91. The molecule has 0 aromatic heterocycles. The molecule has 0 bridgehead atoms. The smallest absolute Gasteiger partial charge is 0.250 e. The van der Waals surface area contributed by atoms with Gasteiger partial charge in [0.05, 0.1) is 0 Å². The van der Waals surface area contributed by atoms with Gasteiger partial charge in [0, 0.05) is 11.0 Å². The zero-order chi connectivity index (χ0) is 25.2. The first-order valence-corrected chi connectivity index (χ1v) is 15.1. The molecule has 0 unspecified atom stereocenters. The third-order valence-electron chi connectivity index (χ3n) is 7.39. The van der Waals surface area contributed by atoms with E-state index in [1.54, 1.807) is 13.8 Å². The Morgan fingerprint density at radius 3 is 1.79 bits per heavy atom. The molecule has 2 nitrogen and oxygen atoms in total. The Hall–Kier alpha value is -2.02. The van der Waals surface area contributed by atoms with E-state index < -0.39 is 13.9 Å². The standard InChI is InChI=1S/C30H44O2Si/c1-12-30(13-2,25-15-14-24(22(3)20-25)18-19-29(8,9)31)26-16-17-27(23(4)21-26)32-33(10,11)28(5,6)7/h14-17,20-21,31H,12-13H2,1-11H3. The molecular formula is C30H44O2Si. The van der Waals surface area contributed by atoms with Crippen LogP contribution in [0.5, 0.6) is 5.75 Å². The van der Waals surface area contributed by atoms with Crippen molar-refractivity contribution in [2.75, 3.05) is 0 Å². The Morgan fingerprint density at radius 2 is 1.36 bits per heavy atom. The molecule has 0 atom stereocenters. The van der Waals surface area contributed by atoms with E-state index in [4.69, 9.17) is 4.43 Å². The third kappa shape index (κ3) is 6.11. The van der Waals surface area contributed by atoms with Gasteiger partial charge in [0.25, 0.3) is 0 Å². The first kappa shape index (κ1) is 27.2. The highest BCUT2D eigenvalue weighted by Gasteiger charge is 2.39. The van der Waals surface area contributed by atoms with Gasteiger partial charge in [0.1, 0.15) is 11.4 Å². The van der Waals surface area contributed by atoms with Gasteiger partial charge in [0.2, 0.25) is 8.32 Å².